The molecule has 0 radical (unpaired) electrons. The van der Waals surface area contributed by atoms with E-state index in [2.05, 4.69) is 11.9 Å². The minimum atomic E-state index is 0.0612. The fourth-order valence-corrected chi connectivity index (χ4v) is 3.38. The molecule has 0 spiro atoms. The van der Waals surface area contributed by atoms with Crippen LogP contribution in [-0.2, 0) is 12.8 Å². The first-order valence-electron chi connectivity index (χ1n) is 7.67. The summed E-state index contributed by atoms with van der Waals surface area (Å²) in [4.78, 5) is 4.65. The molecule has 0 aromatic carbocycles. The lowest BCUT2D eigenvalue weighted by Crippen LogP contribution is -2.26. The molecular formula is C16H23N3O. The highest BCUT2D eigenvalue weighted by Crippen LogP contribution is 2.31. The molecule has 1 aromatic rings. The molecule has 2 aliphatic carbocycles. The Morgan fingerprint density at radius 2 is 2.20 bits per heavy atom. The zero-order valence-corrected chi connectivity index (χ0v) is 12.1. The Morgan fingerprint density at radius 1 is 1.35 bits per heavy atom. The van der Waals surface area contributed by atoms with Gasteiger partial charge in [0.1, 0.15) is 11.9 Å². The topological polar surface area (TPSA) is 72.0 Å². The summed E-state index contributed by atoms with van der Waals surface area (Å²) in [5.41, 5.74) is 8.74. The van der Waals surface area contributed by atoms with Crippen molar-refractivity contribution in [2.24, 2.45) is 11.7 Å². The van der Waals surface area contributed by atoms with Crippen LogP contribution in [0.15, 0.2) is 6.07 Å². The van der Waals surface area contributed by atoms with Crippen LogP contribution in [0.4, 0.5) is 0 Å². The van der Waals surface area contributed by atoms with Gasteiger partial charge in [0, 0.05) is 5.69 Å². The summed E-state index contributed by atoms with van der Waals surface area (Å²) >= 11 is 0. The monoisotopic (exact) mass is 273 g/mol. The number of nitrogens with two attached hydrogens (primary N) is 1. The van der Waals surface area contributed by atoms with Crippen molar-refractivity contribution in [2.45, 2.75) is 58.0 Å². The van der Waals surface area contributed by atoms with Gasteiger partial charge in [-0.05, 0) is 56.1 Å². The van der Waals surface area contributed by atoms with Gasteiger partial charge in [-0.3, -0.25) is 5.41 Å². The van der Waals surface area contributed by atoms with E-state index in [1.165, 1.54) is 18.4 Å². The lowest BCUT2D eigenvalue weighted by molar-refractivity contribution is 0.123. The smallest absolute Gasteiger partial charge is 0.225 e. The van der Waals surface area contributed by atoms with Gasteiger partial charge in [0.15, 0.2) is 0 Å². The molecule has 0 amide bonds. The number of aromatic nitrogens is 1. The van der Waals surface area contributed by atoms with Crippen LogP contribution in [-0.4, -0.2) is 16.9 Å². The van der Waals surface area contributed by atoms with Gasteiger partial charge in [0.2, 0.25) is 5.88 Å². The van der Waals surface area contributed by atoms with Crippen molar-refractivity contribution in [3.8, 4) is 5.88 Å². The van der Waals surface area contributed by atoms with E-state index in [9.17, 15) is 0 Å². The van der Waals surface area contributed by atoms with E-state index in [1.807, 2.05) is 6.07 Å². The fourth-order valence-electron chi connectivity index (χ4n) is 3.38. The van der Waals surface area contributed by atoms with E-state index in [0.29, 0.717) is 17.4 Å². The molecule has 0 bridgehead atoms. The number of rotatable bonds is 3. The van der Waals surface area contributed by atoms with Gasteiger partial charge in [-0.2, -0.15) is 0 Å². The van der Waals surface area contributed by atoms with E-state index in [-0.39, 0.29) is 11.9 Å². The lowest BCUT2D eigenvalue weighted by atomic mass is 9.89. The first-order valence-corrected chi connectivity index (χ1v) is 7.67. The second kappa shape index (κ2) is 5.43. The van der Waals surface area contributed by atoms with Gasteiger partial charge < -0.3 is 10.5 Å². The van der Waals surface area contributed by atoms with Gasteiger partial charge in [0.25, 0.3) is 0 Å². The molecule has 4 heteroatoms. The Hall–Kier alpha value is -1.58. The molecule has 1 aromatic heterocycles. The van der Waals surface area contributed by atoms with E-state index < -0.39 is 0 Å². The second-order valence-electron chi connectivity index (χ2n) is 6.23. The molecule has 0 aliphatic heterocycles. The van der Waals surface area contributed by atoms with Crippen molar-refractivity contribution in [2.75, 3.05) is 0 Å². The van der Waals surface area contributed by atoms with Gasteiger partial charge in [-0.1, -0.05) is 13.3 Å². The number of amidine groups is 1. The number of nitrogens with zero attached hydrogens (tertiary/aromatic N) is 1. The van der Waals surface area contributed by atoms with Gasteiger partial charge in [-0.25, -0.2) is 4.98 Å². The maximum Gasteiger partial charge on any atom is 0.225 e. The van der Waals surface area contributed by atoms with Crippen LogP contribution in [0.5, 0.6) is 5.88 Å². The van der Waals surface area contributed by atoms with Crippen LogP contribution in [0, 0.1) is 11.3 Å². The zero-order chi connectivity index (χ0) is 14.1. The number of aryl methyl sites for hydroxylation is 2. The fraction of sp³-hybridized carbons (Fsp3) is 0.625. The molecule has 3 N–H and O–H groups in total. The normalized spacial score (nSPS) is 25.2. The summed E-state index contributed by atoms with van der Waals surface area (Å²) in [6.07, 6.45) is 8.10. The Kier molecular flexibility index (Phi) is 3.64. The molecule has 2 atom stereocenters. The quantitative estimate of drug-likeness (QED) is 0.657. The summed E-state index contributed by atoms with van der Waals surface area (Å²) in [5.74, 6) is 1.35. The van der Waals surface area contributed by atoms with Crippen LogP contribution in [0.25, 0.3) is 0 Å². The molecule has 4 nitrogen and oxygen atoms in total. The Balaban J connectivity index is 1.86. The lowest BCUT2D eigenvalue weighted by Gasteiger charge is -2.27. The summed E-state index contributed by atoms with van der Waals surface area (Å²) in [6, 6.07) is 2.01. The van der Waals surface area contributed by atoms with E-state index >= 15 is 0 Å². The maximum absolute atomic E-state index is 7.75. The van der Waals surface area contributed by atoms with Crippen LogP contribution < -0.4 is 10.5 Å². The number of nitrogens with one attached hydrogen (secondary N) is 1. The number of hydrogen-bond donors (Lipinski definition) is 2. The number of pyridine rings is 1. The van der Waals surface area contributed by atoms with Crippen molar-refractivity contribution in [3.63, 3.8) is 0 Å². The molecule has 0 saturated heterocycles. The highest BCUT2D eigenvalue weighted by atomic mass is 16.5. The van der Waals surface area contributed by atoms with Crippen LogP contribution in [0.1, 0.15) is 55.8 Å². The first kappa shape index (κ1) is 13.4. The zero-order valence-electron chi connectivity index (χ0n) is 12.1. The molecular weight excluding hydrogens is 250 g/mol. The molecule has 1 fully saturated rings. The van der Waals surface area contributed by atoms with Gasteiger partial charge >= 0.3 is 0 Å². The van der Waals surface area contributed by atoms with E-state index in [1.54, 1.807) is 0 Å². The van der Waals surface area contributed by atoms with Crippen molar-refractivity contribution >= 4 is 5.84 Å². The minimum Gasteiger partial charge on any atom is -0.474 e. The van der Waals surface area contributed by atoms with Crippen molar-refractivity contribution in [1.29, 1.82) is 5.41 Å². The average molecular weight is 273 g/mol. The third-order valence-corrected chi connectivity index (χ3v) is 4.47. The largest absolute Gasteiger partial charge is 0.474 e. The molecule has 108 valence electrons. The van der Waals surface area contributed by atoms with Crippen LogP contribution in [0.2, 0.25) is 0 Å². The third kappa shape index (κ3) is 2.65. The number of fused-ring (bicyclic) bond motifs is 1. The molecule has 1 saturated carbocycles. The molecule has 2 aliphatic rings. The predicted octanol–water partition coefficient (Wildman–Crippen LogP) is 2.81. The Bertz CT molecular complexity index is 527. The number of hydrogen-bond acceptors (Lipinski definition) is 3. The second-order valence-corrected chi connectivity index (χ2v) is 6.23. The van der Waals surface area contributed by atoms with E-state index in [0.717, 1.165) is 37.8 Å². The number of ether oxygens (including phenoxy) is 1. The SMILES string of the molecule is CC1CCCC(Oc2nc3c(cc2C(=N)N)CCC3)C1. The van der Waals surface area contributed by atoms with E-state index in [4.69, 9.17) is 15.9 Å². The van der Waals surface area contributed by atoms with Crippen molar-refractivity contribution in [1.82, 2.24) is 4.98 Å². The summed E-state index contributed by atoms with van der Waals surface area (Å²) < 4.78 is 6.11. The standard InChI is InChI=1S/C16H23N3O/c1-10-4-2-6-12(8-10)20-16-13(15(17)18)9-11-5-3-7-14(11)19-16/h9-10,12H,2-8H2,1H3,(H3,17,18). The highest BCUT2D eigenvalue weighted by Gasteiger charge is 2.24. The van der Waals surface area contributed by atoms with Crippen LogP contribution in [0.3, 0.4) is 0 Å². The predicted molar refractivity (Wildman–Crippen MR) is 79.3 cm³/mol. The van der Waals surface area contributed by atoms with Gasteiger partial charge in [0.05, 0.1) is 5.56 Å². The van der Waals surface area contributed by atoms with Crippen LogP contribution >= 0.6 is 0 Å². The Morgan fingerprint density at radius 3 is 2.95 bits per heavy atom. The molecule has 1 heterocycles. The number of nitrogen functional groups attached to an aromatic ring is 1. The maximum atomic E-state index is 7.75. The first-order chi connectivity index (χ1) is 9.63. The summed E-state index contributed by atoms with van der Waals surface area (Å²) in [7, 11) is 0. The minimum absolute atomic E-state index is 0.0612. The molecule has 3 rings (SSSR count). The average Bonchev–Trinajstić information content (AvgIpc) is 2.84. The summed E-state index contributed by atoms with van der Waals surface area (Å²) in [6.45, 7) is 2.28. The van der Waals surface area contributed by atoms with Crippen molar-refractivity contribution in [3.05, 3.63) is 22.9 Å². The van der Waals surface area contributed by atoms with Crippen molar-refractivity contribution < 1.29 is 4.74 Å². The third-order valence-electron chi connectivity index (χ3n) is 4.47. The Labute approximate surface area is 120 Å². The summed E-state index contributed by atoms with van der Waals surface area (Å²) in [5, 5.41) is 7.75. The molecule has 2 unspecified atom stereocenters. The van der Waals surface area contributed by atoms with Gasteiger partial charge in [-0.15, -0.1) is 0 Å². The highest BCUT2D eigenvalue weighted by molar-refractivity contribution is 5.97. The molecule has 20 heavy (non-hydrogen) atoms.